The highest BCUT2D eigenvalue weighted by Gasteiger charge is 2.23. The molecule has 0 unspecified atom stereocenters. The van der Waals surface area contributed by atoms with Crippen molar-refractivity contribution in [2.45, 2.75) is 26.3 Å². The van der Waals surface area contributed by atoms with Crippen molar-refractivity contribution in [1.29, 1.82) is 0 Å². The Morgan fingerprint density at radius 3 is 2.76 bits per heavy atom. The summed E-state index contributed by atoms with van der Waals surface area (Å²) in [5, 5.41) is 17.8. The summed E-state index contributed by atoms with van der Waals surface area (Å²) in [6.07, 6.45) is 2.63. The van der Waals surface area contributed by atoms with E-state index in [0.29, 0.717) is 10.0 Å². The number of ether oxygens (including phenoxy) is 2. The summed E-state index contributed by atoms with van der Waals surface area (Å²) in [6, 6.07) is 9.97. The van der Waals surface area contributed by atoms with E-state index < -0.39 is 18.0 Å². The molecule has 34 heavy (non-hydrogen) atoms. The highest BCUT2D eigenvalue weighted by molar-refractivity contribution is 9.10. The summed E-state index contributed by atoms with van der Waals surface area (Å²) in [7, 11) is 1.43. The Kier molecular flexibility index (Phi) is 8.53. The maximum atomic E-state index is 12.9. The van der Waals surface area contributed by atoms with Gasteiger partial charge in [-0.1, -0.05) is 48.0 Å². The van der Waals surface area contributed by atoms with Crippen LogP contribution in [0, 0.1) is 5.92 Å². The van der Waals surface area contributed by atoms with Gasteiger partial charge < -0.3 is 24.9 Å². The topological polar surface area (TPSA) is 125 Å². The van der Waals surface area contributed by atoms with Crippen LogP contribution in [0.4, 0.5) is 4.79 Å². The second-order valence-corrected chi connectivity index (χ2v) is 8.95. The third kappa shape index (κ3) is 6.50. The predicted molar refractivity (Wildman–Crippen MR) is 133 cm³/mol. The third-order valence-electron chi connectivity index (χ3n) is 4.92. The lowest BCUT2D eigenvalue weighted by Crippen LogP contribution is -2.47. The number of para-hydroxylation sites is 1. The lowest BCUT2D eigenvalue weighted by atomic mass is 10.0. The van der Waals surface area contributed by atoms with Crippen LogP contribution in [-0.4, -0.2) is 48.1 Å². The summed E-state index contributed by atoms with van der Waals surface area (Å²) in [5.41, 5.74) is 4.55. The molecule has 2 amide bonds. The number of aromatic hydroxyl groups is 1. The van der Waals surface area contributed by atoms with E-state index in [1.54, 1.807) is 18.3 Å². The van der Waals surface area contributed by atoms with Gasteiger partial charge in [0.15, 0.2) is 11.5 Å². The number of carbonyl (C=O) groups is 2. The van der Waals surface area contributed by atoms with Crippen LogP contribution in [0.15, 0.2) is 52.2 Å². The van der Waals surface area contributed by atoms with E-state index in [1.807, 2.05) is 38.1 Å². The van der Waals surface area contributed by atoms with Crippen molar-refractivity contribution in [3.8, 4) is 11.5 Å². The van der Waals surface area contributed by atoms with Gasteiger partial charge in [0.25, 0.3) is 5.91 Å². The molecule has 3 aromatic rings. The largest absolute Gasteiger partial charge is 0.504 e. The van der Waals surface area contributed by atoms with Gasteiger partial charge in [-0.05, 0) is 29.7 Å². The highest BCUT2D eigenvalue weighted by Crippen LogP contribution is 2.32. The summed E-state index contributed by atoms with van der Waals surface area (Å²) in [4.78, 5) is 28.4. The van der Waals surface area contributed by atoms with Crippen LogP contribution in [0.5, 0.6) is 11.5 Å². The van der Waals surface area contributed by atoms with Crippen LogP contribution in [0.3, 0.4) is 0 Å². The third-order valence-corrected chi connectivity index (χ3v) is 5.38. The number of hydrogen-bond donors (Lipinski definition) is 4. The van der Waals surface area contributed by atoms with Crippen molar-refractivity contribution in [1.82, 2.24) is 15.7 Å². The molecule has 0 aliphatic heterocycles. The molecule has 0 radical (unpaired) electrons. The molecular formula is C24H27BrN4O5. The Morgan fingerprint density at radius 1 is 1.26 bits per heavy atom. The number of alkyl carbamates (subject to hydrolysis) is 1. The maximum absolute atomic E-state index is 12.9. The Balaban J connectivity index is 1.76. The number of nitrogens with one attached hydrogen (secondary N) is 3. The van der Waals surface area contributed by atoms with E-state index in [4.69, 9.17) is 9.47 Å². The van der Waals surface area contributed by atoms with Crippen LogP contribution < -0.4 is 15.5 Å². The van der Waals surface area contributed by atoms with Crippen LogP contribution in [-0.2, 0) is 16.0 Å². The van der Waals surface area contributed by atoms with Crippen molar-refractivity contribution in [3.05, 3.63) is 58.2 Å². The Hall–Kier alpha value is -3.53. The summed E-state index contributed by atoms with van der Waals surface area (Å²) in [6.45, 7) is 4.07. The van der Waals surface area contributed by atoms with Crippen molar-refractivity contribution in [3.63, 3.8) is 0 Å². The number of fused-ring (bicyclic) bond motifs is 1. The smallest absolute Gasteiger partial charge is 0.407 e. The molecule has 0 saturated carbocycles. The van der Waals surface area contributed by atoms with Gasteiger partial charge in [0.05, 0.1) is 19.9 Å². The average Bonchev–Trinajstić information content (AvgIpc) is 3.22. The first kappa shape index (κ1) is 25.1. The average molecular weight is 531 g/mol. The molecule has 0 aliphatic rings. The van der Waals surface area contributed by atoms with Crippen LogP contribution in [0.25, 0.3) is 10.9 Å². The number of hydrogen-bond acceptors (Lipinski definition) is 6. The lowest BCUT2D eigenvalue weighted by molar-refractivity contribution is -0.123. The Labute approximate surface area is 205 Å². The second-order valence-electron chi connectivity index (χ2n) is 8.03. The molecule has 1 atom stereocenters. The zero-order valence-corrected chi connectivity index (χ0v) is 20.7. The quantitative estimate of drug-likeness (QED) is 0.245. The minimum absolute atomic E-state index is 0.116. The maximum Gasteiger partial charge on any atom is 0.407 e. The zero-order chi connectivity index (χ0) is 24.7. The molecule has 0 fully saturated rings. The first-order chi connectivity index (χ1) is 16.3. The summed E-state index contributed by atoms with van der Waals surface area (Å²) >= 11 is 3.33. The monoisotopic (exact) mass is 530 g/mol. The fourth-order valence-corrected chi connectivity index (χ4v) is 3.70. The number of hydrazone groups is 1. The number of nitrogens with zero attached hydrogens (tertiary/aromatic N) is 1. The molecule has 0 bridgehead atoms. The van der Waals surface area contributed by atoms with Gasteiger partial charge in [0.2, 0.25) is 0 Å². The van der Waals surface area contributed by atoms with E-state index in [1.165, 1.54) is 13.3 Å². The molecular weight excluding hydrogens is 504 g/mol. The van der Waals surface area contributed by atoms with Crippen molar-refractivity contribution in [2.24, 2.45) is 11.0 Å². The number of rotatable bonds is 9. The number of methoxy groups -OCH3 is 1. The number of aromatic nitrogens is 1. The van der Waals surface area contributed by atoms with Gasteiger partial charge in [-0.2, -0.15) is 5.10 Å². The number of aromatic amines is 1. The fourth-order valence-electron chi connectivity index (χ4n) is 3.25. The van der Waals surface area contributed by atoms with Gasteiger partial charge in [-0.15, -0.1) is 0 Å². The van der Waals surface area contributed by atoms with Crippen molar-refractivity contribution in [2.75, 3.05) is 13.7 Å². The summed E-state index contributed by atoms with van der Waals surface area (Å²) in [5.74, 6) is -0.237. The van der Waals surface area contributed by atoms with Gasteiger partial charge in [-0.25, -0.2) is 10.2 Å². The standard InChI is InChI=1S/C24H27BrN4O5/c1-14(2)13-34-24(32)28-20(9-15-11-26-19-7-5-4-6-18(15)19)23(31)29-27-12-16-8-17(25)10-21(33-3)22(16)30/h4-8,10-12,14,20,26,30H,9,13H2,1-3H3,(H,28,32)(H,29,31)/b27-12-/t20-/m0/s1. The van der Waals surface area contributed by atoms with E-state index in [2.05, 4.69) is 36.8 Å². The van der Waals surface area contributed by atoms with Gasteiger partial charge in [-0.3, -0.25) is 4.79 Å². The highest BCUT2D eigenvalue weighted by atomic mass is 79.9. The molecule has 0 aliphatic carbocycles. The summed E-state index contributed by atoms with van der Waals surface area (Å²) < 4.78 is 11.0. The number of halogens is 1. The first-order valence-electron chi connectivity index (χ1n) is 10.7. The number of benzene rings is 2. The molecule has 9 nitrogen and oxygen atoms in total. The first-order valence-corrected chi connectivity index (χ1v) is 11.5. The SMILES string of the molecule is COc1cc(Br)cc(/C=N\NC(=O)[C@H](Cc2c[nH]c3ccccc23)NC(=O)OCC(C)C)c1O. The number of carbonyl (C=O) groups excluding carboxylic acids is 2. The molecule has 0 spiro atoms. The van der Waals surface area contributed by atoms with E-state index in [-0.39, 0.29) is 30.4 Å². The molecule has 3 rings (SSSR count). The molecule has 4 N–H and O–H groups in total. The minimum atomic E-state index is -0.943. The van der Waals surface area contributed by atoms with E-state index >= 15 is 0 Å². The second kappa shape index (κ2) is 11.6. The molecule has 0 saturated heterocycles. The number of amides is 2. The van der Waals surface area contributed by atoms with Crippen molar-refractivity contribution >= 4 is 45.0 Å². The van der Waals surface area contributed by atoms with Gasteiger partial charge in [0.1, 0.15) is 6.04 Å². The molecule has 10 heteroatoms. The van der Waals surface area contributed by atoms with E-state index in [0.717, 1.165) is 16.5 Å². The normalized spacial score (nSPS) is 12.1. The van der Waals surface area contributed by atoms with E-state index in [9.17, 15) is 14.7 Å². The molecule has 1 aromatic heterocycles. The van der Waals surface area contributed by atoms with Crippen LogP contribution >= 0.6 is 15.9 Å². The molecule has 2 aromatic carbocycles. The molecule has 180 valence electrons. The predicted octanol–water partition coefficient (Wildman–Crippen LogP) is 4.09. The number of phenols is 1. The lowest BCUT2D eigenvalue weighted by Gasteiger charge is -2.17. The van der Waals surface area contributed by atoms with Crippen LogP contribution in [0.1, 0.15) is 25.0 Å². The minimum Gasteiger partial charge on any atom is -0.504 e. The van der Waals surface area contributed by atoms with Crippen molar-refractivity contribution < 1.29 is 24.2 Å². The van der Waals surface area contributed by atoms with Gasteiger partial charge in [0, 0.05) is 33.6 Å². The zero-order valence-electron chi connectivity index (χ0n) is 19.1. The fraction of sp³-hybridized carbons (Fsp3) is 0.292. The van der Waals surface area contributed by atoms with Gasteiger partial charge >= 0.3 is 6.09 Å². The Bertz CT molecular complexity index is 1190. The molecule has 1 heterocycles. The van der Waals surface area contributed by atoms with Crippen LogP contribution in [0.2, 0.25) is 0 Å². The number of phenolic OH excluding ortho intramolecular Hbond substituents is 1. The Morgan fingerprint density at radius 2 is 2.03 bits per heavy atom. The number of H-pyrrole nitrogens is 1.